The zero-order chi connectivity index (χ0) is 16.9. The molecule has 3 aromatic rings. The van der Waals surface area contributed by atoms with Gasteiger partial charge in [-0.1, -0.05) is 60.7 Å². The van der Waals surface area contributed by atoms with Crippen LogP contribution >= 0.6 is 0 Å². The van der Waals surface area contributed by atoms with E-state index in [4.69, 9.17) is 4.74 Å². The third-order valence-electron chi connectivity index (χ3n) is 3.72. The van der Waals surface area contributed by atoms with Gasteiger partial charge < -0.3 is 9.72 Å². The van der Waals surface area contributed by atoms with E-state index in [-0.39, 0.29) is 6.61 Å². The molecule has 0 bridgehead atoms. The lowest BCUT2D eigenvalue weighted by Crippen LogP contribution is -2.18. The molecule has 1 N–H and O–H groups in total. The van der Waals surface area contributed by atoms with Crippen molar-refractivity contribution in [3.8, 4) is 22.4 Å². The summed E-state index contributed by atoms with van der Waals surface area (Å²) >= 11 is 0. The number of carbonyl (C=O) groups is 2. The van der Waals surface area contributed by atoms with Gasteiger partial charge in [-0.15, -0.1) is 0 Å². The van der Waals surface area contributed by atoms with Crippen molar-refractivity contribution in [2.24, 2.45) is 0 Å². The highest BCUT2D eigenvalue weighted by atomic mass is 16.5. The first-order valence-electron chi connectivity index (χ1n) is 7.76. The first kappa shape index (κ1) is 15.7. The number of ketones is 1. The van der Waals surface area contributed by atoms with Gasteiger partial charge in [0.1, 0.15) is 0 Å². The van der Waals surface area contributed by atoms with E-state index < -0.39 is 11.8 Å². The monoisotopic (exact) mass is 319 g/mol. The fourth-order valence-corrected chi connectivity index (χ4v) is 2.64. The summed E-state index contributed by atoms with van der Waals surface area (Å²) in [5.74, 6) is -1.48. The molecule has 1 heterocycles. The quantitative estimate of drug-likeness (QED) is 0.438. The van der Waals surface area contributed by atoms with Crippen molar-refractivity contribution in [3.05, 3.63) is 72.4 Å². The Labute approximate surface area is 140 Å². The summed E-state index contributed by atoms with van der Waals surface area (Å²) in [5, 5.41) is 0. The Morgan fingerprint density at radius 1 is 0.917 bits per heavy atom. The van der Waals surface area contributed by atoms with E-state index in [1.54, 1.807) is 13.1 Å². The summed E-state index contributed by atoms with van der Waals surface area (Å²) in [6, 6.07) is 18.9. The largest absolute Gasteiger partial charge is 0.460 e. The van der Waals surface area contributed by atoms with Crippen LogP contribution in [0.25, 0.3) is 22.4 Å². The number of rotatable bonds is 5. The summed E-state index contributed by atoms with van der Waals surface area (Å²) in [7, 11) is 0. The van der Waals surface area contributed by atoms with E-state index in [0.717, 1.165) is 11.1 Å². The predicted molar refractivity (Wildman–Crippen MR) is 92.6 cm³/mol. The van der Waals surface area contributed by atoms with Crippen molar-refractivity contribution in [1.29, 1.82) is 0 Å². The topological polar surface area (TPSA) is 59.2 Å². The standard InChI is InChI=1S/C20H17NO3/c1-2-24-20(23)19(22)17-16(14-9-5-3-6-10-14)13-21-18(17)15-11-7-4-8-12-15/h3-13,21H,2H2,1H3. The van der Waals surface area contributed by atoms with Crippen molar-refractivity contribution >= 4 is 11.8 Å². The molecule has 0 unspecified atom stereocenters. The lowest BCUT2D eigenvalue weighted by atomic mass is 9.97. The van der Waals surface area contributed by atoms with Crippen LogP contribution in [0.5, 0.6) is 0 Å². The van der Waals surface area contributed by atoms with Crippen molar-refractivity contribution < 1.29 is 14.3 Å². The molecule has 0 aliphatic rings. The van der Waals surface area contributed by atoms with E-state index in [1.807, 2.05) is 60.7 Å². The van der Waals surface area contributed by atoms with E-state index in [1.165, 1.54) is 0 Å². The molecule has 0 spiro atoms. The molecule has 0 amide bonds. The van der Waals surface area contributed by atoms with Crippen LogP contribution in [0, 0.1) is 0 Å². The highest BCUT2D eigenvalue weighted by Gasteiger charge is 2.26. The first-order valence-corrected chi connectivity index (χ1v) is 7.76. The van der Waals surface area contributed by atoms with Gasteiger partial charge in [-0.05, 0) is 18.1 Å². The molecule has 0 atom stereocenters. The molecule has 4 nitrogen and oxygen atoms in total. The van der Waals surface area contributed by atoms with Crippen LogP contribution < -0.4 is 0 Å². The van der Waals surface area contributed by atoms with Crippen LogP contribution in [0.2, 0.25) is 0 Å². The highest BCUT2D eigenvalue weighted by Crippen LogP contribution is 2.32. The molecule has 120 valence electrons. The number of ether oxygens (including phenoxy) is 1. The van der Waals surface area contributed by atoms with Crippen molar-refractivity contribution in [3.63, 3.8) is 0 Å². The molecule has 0 aliphatic heterocycles. The van der Waals surface area contributed by atoms with E-state index in [0.29, 0.717) is 16.8 Å². The number of hydrogen-bond acceptors (Lipinski definition) is 3. The maximum atomic E-state index is 12.7. The number of benzene rings is 2. The Morgan fingerprint density at radius 2 is 1.50 bits per heavy atom. The van der Waals surface area contributed by atoms with Gasteiger partial charge in [0, 0.05) is 11.8 Å². The van der Waals surface area contributed by atoms with Crippen LogP contribution in [0.1, 0.15) is 17.3 Å². The molecule has 24 heavy (non-hydrogen) atoms. The number of esters is 1. The van der Waals surface area contributed by atoms with Crippen molar-refractivity contribution in [2.45, 2.75) is 6.92 Å². The molecule has 0 fully saturated rings. The minimum absolute atomic E-state index is 0.163. The Kier molecular flexibility index (Phi) is 4.57. The summed E-state index contributed by atoms with van der Waals surface area (Å²) < 4.78 is 4.91. The smallest absolute Gasteiger partial charge is 0.379 e. The maximum absolute atomic E-state index is 12.7. The zero-order valence-electron chi connectivity index (χ0n) is 13.3. The van der Waals surface area contributed by atoms with Crippen molar-refractivity contribution in [2.75, 3.05) is 6.61 Å². The number of aromatic nitrogens is 1. The zero-order valence-corrected chi connectivity index (χ0v) is 13.3. The Bertz CT molecular complexity index is 794. The maximum Gasteiger partial charge on any atom is 0.379 e. The Hall–Kier alpha value is -3.14. The van der Waals surface area contributed by atoms with Crippen LogP contribution in [-0.2, 0) is 9.53 Å². The van der Waals surface area contributed by atoms with Gasteiger partial charge in [-0.25, -0.2) is 4.79 Å². The van der Waals surface area contributed by atoms with E-state index in [2.05, 4.69) is 4.98 Å². The predicted octanol–water partition coefficient (Wildman–Crippen LogP) is 4.09. The SMILES string of the molecule is CCOC(=O)C(=O)c1c(-c2ccccc2)c[nH]c1-c1ccccc1. The third-order valence-corrected chi connectivity index (χ3v) is 3.72. The Morgan fingerprint density at radius 3 is 2.08 bits per heavy atom. The second-order valence-electron chi connectivity index (χ2n) is 5.23. The van der Waals surface area contributed by atoms with Gasteiger partial charge in [-0.2, -0.15) is 0 Å². The minimum Gasteiger partial charge on any atom is -0.460 e. The first-order chi connectivity index (χ1) is 11.7. The molecular weight excluding hydrogens is 302 g/mol. The average molecular weight is 319 g/mol. The average Bonchev–Trinajstić information content (AvgIpc) is 3.07. The van der Waals surface area contributed by atoms with Gasteiger partial charge >= 0.3 is 5.97 Å². The molecule has 4 heteroatoms. The molecule has 0 aliphatic carbocycles. The van der Waals surface area contributed by atoms with Gasteiger partial charge in [0.05, 0.1) is 17.9 Å². The number of Topliss-reactive ketones (excluding diaryl/α,β-unsaturated/α-hetero) is 1. The van der Waals surface area contributed by atoms with Crippen LogP contribution in [-0.4, -0.2) is 23.3 Å². The third kappa shape index (κ3) is 2.99. The number of nitrogens with one attached hydrogen (secondary N) is 1. The van der Waals surface area contributed by atoms with Crippen LogP contribution in [0.4, 0.5) is 0 Å². The van der Waals surface area contributed by atoms with Gasteiger partial charge in [0.2, 0.25) is 0 Å². The number of H-pyrrole nitrogens is 1. The summed E-state index contributed by atoms with van der Waals surface area (Å²) in [4.78, 5) is 27.9. The van der Waals surface area contributed by atoms with Gasteiger partial charge in [-0.3, -0.25) is 4.79 Å². The lowest BCUT2D eigenvalue weighted by molar-refractivity contribution is -0.137. The second kappa shape index (κ2) is 6.96. The van der Waals surface area contributed by atoms with Gasteiger partial charge in [0.15, 0.2) is 0 Å². The number of carbonyl (C=O) groups excluding carboxylic acids is 2. The summed E-state index contributed by atoms with van der Waals surface area (Å²) in [5.41, 5.74) is 3.35. The number of hydrogen-bond donors (Lipinski definition) is 1. The highest BCUT2D eigenvalue weighted by molar-refractivity contribution is 6.43. The fraction of sp³-hybridized carbons (Fsp3) is 0.100. The lowest BCUT2D eigenvalue weighted by Gasteiger charge is -2.07. The molecule has 0 saturated heterocycles. The van der Waals surface area contributed by atoms with E-state index in [9.17, 15) is 9.59 Å². The number of aromatic amines is 1. The van der Waals surface area contributed by atoms with Crippen molar-refractivity contribution in [1.82, 2.24) is 4.98 Å². The second-order valence-corrected chi connectivity index (χ2v) is 5.23. The molecule has 0 saturated carbocycles. The summed E-state index contributed by atoms with van der Waals surface area (Å²) in [6.07, 6.45) is 1.75. The molecular formula is C20H17NO3. The Balaban J connectivity index is 2.16. The van der Waals surface area contributed by atoms with Crippen LogP contribution in [0.15, 0.2) is 66.9 Å². The van der Waals surface area contributed by atoms with E-state index >= 15 is 0 Å². The molecule has 2 aromatic carbocycles. The van der Waals surface area contributed by atoms with Crippen LogP contribution in [0.3, 0.4) is 0 Å². The minimum atomic E-state index is -0.841. The fourth-order valence-electron chi connectivity index (χ4n) is 2.64. The molecule has 3 rings (SSSR count). The molecule has 1 aromatic heterocycles. The normalized spacial score (nSPS) is 10.4. The molecule has 0 radical (unpaired) electrons. The van der Waals surface area contributed by atoms with Gasteiger partial charge in [0.25, 0.3) is 5.78 Å². The summed E-state index contributed by atoms with van der Waals surface area (Å²) in [6.45, 7) is 1.84.